The van der Waals surface area contributed by atoms with Crippen molar-refractivity contribution in [1.82, 2.24) is 15.1 Å². The van der Waals surface area contributed by atoms with Gasteiger partial charge in [0.25, 0.3) is 0 Å². The lowest BCUT2D eigenvalue weighted by molar-refractivity contribution is 0.170. The van der Waals surface area contributed by atoms with Crippen LogP contribution in [0, 0.1) is 6.92 Å². The van der Waals surface area contributed by atoms with Crippen LogP contribution in [0.1, 0.15) is 16.9 Å². The number of halogens is 1. The van der Waals surface area contributed by atoms with E-state index in [1.54, 1.807) is 4.88 Å². The highest BCUT2D eigenvalue weighted by Crippen LogP contribution is 2.22. The molecule has 108 valence electrons. The van der Waals surface area contributed by atoms with Gasteiger partial charge in [0.2, 0.25) is 0 Å². The van der Waals surface area contributed by atoms with Gasteiger partial charge in [0.1, 0.15) is 0 Å². The molecule has 1 aromatic heterocycles. The van der Waals surface area contributed by atoms with E-state index in [-0.39, 0.29) is 12.4 Å². The number of rotatable bonds is 3. The van der Waals surface area contributed by atoms with Gasteiger partial charge in [-0.25, -0.2) is 0 Å². The number of thiophene rings is 1. The molecular formula is C14H24ClN3S. The number of nitrogens with one attached hydrogen (secondary N) is 1. The molecule has 0 aromatic carbocycles. The van der Waals surface area contributed by atoms with Crippen LogP contribution in [-0.2, 0) is 6.54 Å². The van der Waals surface area contributed by atoms with Gasteiger partial charge in [-0.15, -0.1) is 23.7 Å². The first-order chi connectivity index (χ1) is 8.83. The van der Waals surface area contributed by atoms with E-state index in [0.717, 1.165) is 12.6 Å². The third-order valence-electron chi connectivity index (χ3n) is 4.25. The number of hydrogen-bond acceptors (Lipinski definition) is 4. The molecule has 0 saturated carbocycles. The maximum absolute atomic E-state index is 3.44. The van der Waals surface area contributed by atoms with E-state index in [2.05, 4.69) is 33.5 Å². The standard InChI is InChI=1S/C14H23N3S.ClH/c1-12-3-9-18-14(12)11-16-6-2-13(10-16)17-7-4-15-5-8-17;/h3,9,13,15H,2,4-8,10-11H2,1H3;1H. The highest BCUT2D eigenvalue weighted by atomic mass is 35.5. The van der Waals surface area contributed by atoms with E-state index in [1.165, 1.54) is 51.3 Å². The van der Waals surface area contributed by atoms with E-state index >= 15 is 0 Å². The molecule has 1 atom stereocenters. The summed E-state index contributed by atoms with van der Waals surface area (Å²) in [7, 11) is 0. The molecule has 0 radical (unpaired) electrons. The third kappa shape index (κ3) is 3.70. The maximum atomic E-state index is 3.44. The Bertz CT molecular complexity index is 390. The van der Waals surface area contributed by atoms with E-state index in [4.69, 9.17) is 0 Å². The average Bonchev–Trinajstić information content (AvgIpc) is 3.02. The molecule has 3 nitrogen and oxygen atoms in total. The highest BCUT2D eigenvalue weighted by Gasteiger charge is 2.28. The Morgan fingerprint density at radius 2 is 2.11 bits per heavy atom. The summed E-state index contributed by atoms with van der Waals surface area (Å²) in [6.07, 6.45) is 1.35. The van der Waals surface area contributed by atoms with Crippen LogP contribution in [0.2, 0.25) is 0 Å². The van der Waals surface area contributed by atoms with Gasteiger partial charge < -0.3 is 5.32 Å². The van der Waals surface area contributed by atoms with Crippen LogP contribution >= 0.6 is 23.7 Å². The van der Waals surface area contributed by atoms with Crippen molar-refractivity contribution in [2.45, 2.75) is 25.9 Å². The first kappa shape index (κ1) is 15.3. The predicted octanol–water partition coefficient (Wildman–Crippen LogP) is 1.96. The van der Waals surface area contributed by atoms with Crippen LogP contribution in [0.4, 0.5) is 0 Å². The van der Waals surface area contributed by atoms with Gasteiger partial charge in [-0.05, 0) is 30.4 Å². The van der Waals surface area contributed by atoms with Crippen LogP contribution in [0.3, 0.4) is 0 Å². The van der Waals surface area contributed by atoms with Crippen LogP contribution in [-0.4, -0.2) is 55.1 Å². The Morgan fingerprint density at radius 3 is 2.79 bits per heavy atom. The van der Waals surface area contributed by atoms with E-state index < -0.39 is 0 Å². The van der Waals surface area contributed by atoms with Gasteiger partial charge in [-0.2, -0.15) is 0 Å². The quantitative estimate of drug-likeness (QED) is 0.921. The minimum Gasteiger partial charge on any atom is -0.314 e. The summed E-state index contributed by atoms with van der Waals surface area (Å²) in [5.41, 5.74) is 1.46. The Kier molecular flexibility index (Phi) is 5.66. The molecule has 5 heteroatoms. The lowest BCUT2D eigenvalue weighted by Crippen LogP contribution is -2.49. The maximum Gasteiger partial charge on any atom is 0.0331 e. The van der Waals surface area contributed by atoms with Gasteiger partial charge in [-0.1, -0.05) is 0 Å². The summed E-state index contributed by atoms with van der Waals surface area (Å²) in [5.74, 6) is 0. The monoisotopic (exact) mass is 301 g/mol. The van der Waals surface area contributed by atoms with Crippen molar-refractivity contribution in [3.05, 3.63) is 21.9 Å². The molecule has 1 aromatic rings. The first-order valence-corrected chi connectivity index (χ1v) is 7.91. The molecule has 0 amide bonds. The molecule has 2 saturated heterocycles. The Morgan fingerprint density at radius 1 is 1.32 bits per heavy atom. The molecule has 2 aliphatic rings. The molecule has 0 aliphatic carbocycles. The Labute approximate surface area is 126 Å². The average molecular weight is 302 g/mol. The van der Waals surface area contributed by atoms with Gasteiger partial charge >= 0.3 is 0 Å². The van der Waals surface area contributed by atoms with Crippen LogP contribution in [0.15, 0.2) is 11.4 Å². The van der Waals surface area contributed by atoms with Gasteiger partial charge in [0.05, 0.1) is 0 Å². The van der Waals surface area contributed by atoms with Crippen molar-refractivity contribution in [2.24, 2.45) is 0 Å². The van der Waals surface area contributed by atoms with E-state index in [1.807, 2.05) is 11.3 Å². The topological polar surface area (TPSA) is 18.5 Å². The zero-order chi connectivity index (χ0) is 12.4. The fraction of sp³-hybridized carbons (Fsp3) is 0.714. The van der Waals surface area contributed by atoms with Crippen LogP contribution in [0.5, 0.6) is 0 Å². The Hall–Kier alpha value is -0.130. The number of hydrogen-bond donors (Lipinski definition) is 1. The predicted molar refractivity (Wildman–Crippen MR) is 84.4 cm³/mol. The summed E-state index contributed by atoms with van der Waals surface area (Å²) < 4.78 is 0. The number of nitrogens with zero attached hydrogens (tertiary/aromatic N) is 2. The van der Waals surface area contributed by atoms with Crippen molar-refractivity contribution in [1.29, 1.82) is 0 Å². The smallest absolute Gasteiger partial charge is 0.0331 e. The van der Waals surface area contributed by atoms with Crippen LogP contribution in [0.25, 0.3) is 0 Å². The molecule has 1 unspecified atom stereocenters. The van der Waals surface area contributed by atoms with E-state index in [0.29, 0.717) is 0 Å². The molecule has 0 bridgehead atoms. The summed E-state index contributed by atoms with van der Waals surface area (Å²) in [5, 5.41) is 5.66. The molecule has 2 aliphatic heterocycles. The van der Waals surface area contributed by atoms with Crippen molar-refractivity contribution in [3.63, 3.8) is 0 Å². The molecule has 2 fully saturated rings. The summed E-state index contributed by atoms with van der Waals surface area (Å²) in [6, 6.07) is 3.04. The zero-order valence-corrected chi connectivity index (χ0v) is 13.2. The van der Waals surface area contributed by atoms with Crippen molar-refractivity contribution in [2.75, 3.05) is 39.3 Å². The number of piperazine rings is 1. The lowest BCUT2D eigenvalue weighted by Gasteiger charge is -2.32. The van der Waals surface area contributed by atoms with Crippen molar-refractivity contribution in [3.8, 4) is 0 Å². The third-order valence-corrected chi connectivity index (χ3v) is 5.26. The minimum absolute atomic E-state index is 0. The summed E-state index contributed by atoms with van der Waals surface area (Å²) >= 11 is 1.91. The highest BCUT2D eigenvalue weighted by molar-refractivity contribution is 7.10. The second-order valence-corrected chi connectivity index (χ2v) is 6.49. The lowest BCUT2D eigenvalue weighted by atomic mass is 10.2. The van der Waals surface area contributed by atoms with Gasteiger partial charge in [0, 0.05) is 56.7 Å². The molecule has 0 spiro atoms. The molecule has 1 N–H and O–H groups in total. The zero-order valence-electron chi connectivity index (χ0n) is 11.6. The number of likely N-dealkylation sites (tertiary alicyclic amines) is 1. The minimum atomic E-state index is 0. The second-order valence-electron chi connectivity index (χ2n) is 5.49. The fourth-order valence-electron chi connectivity index (χ4n) is 3.07. The van der Waals surface area contributed by atoms with Crippen LogP contribution < -0.4 is 5.32 Å². The summed E-state index contributed by atoms with van der Waals surface area (Å²) in [6.45, 7) is 10.7. The molecular weight excluding hydrogens is 278 g/mol. The first-order valence-electron chi connectivity index (χ1n) is 7.03. The second kappa shape index (κ2) is 7.04. The largest absolute Gasteiger partial charge is 0.314 e. The van der Waals surface area contributed by atoms with E-state index in [9.17, 15) is 0 Å². The van der Waals surface area contributed by atoms with Crippen molar-refractivity contribution < 1.29 is 0 Å². The van der Waals surface area contributed by atoms with Crippen molar-refractivity contribution >= 4 is 23.7 Å². The molecule has 3 rings (SSSR count). The molecule has 19 heavy (non-hydrogen) atoms. The number of aryl methyl sites for hydroxylation is 1. The fourth-order valence-corrected chi connectivity index (χ4v) is 4.02. The Balaban J connectivity index is 0.00000133. The SMILES string of the molecule is Cc1ccsc1CN1CCC(N2CCNCC2)C1.Cl. The summed E-state index contributed by atoms with van der Waals surface area (Å²) in [4.78, 5) is 6.86. The molecule has 3 heterocycles. The van der Waals surface area contributed by atoms with Gasteiger partial charge in [-0.3, -0.25) is 9.80 Å². The normalized spacial score (nSPS) is 25.4. The van der Waals surface area contributed by atoms with Gasteiger partial charge in [0.15, 0.2) is 0 Å².